The highest BCUT2D eigenvalue weighted by atomic mass is 16.5. The van der Waals surface area contributed by atoms with E-state index in [0.29, 0.717) is 11.5 Å². The molecule has 9 heteroatoms. The summed E-state index contributed by atoms with van der Waals surface area (Å²) in [7, 11) is 1.55. The third kappa shape index (κ3) is 5.04. The Balaban J connectivity index is 1.36. The molecule has 4 amide bonds. The monoisotopic (exact) mass is 403 g/mol. The molecule has 156 valence electrons. The maximum atomic E-state index is 12.4. The summed E-state index contributed by atoms with van der Waals surface area (Å²) in [5.41, 5.74) is 4.51. The lowest BCUT2D eigenvalue weighted by atomic mass is 9.81. The molecule has 2 aliphatic rings. The zero-order valence-electron chi connectivity index (χ0n) is 16.3. The SMILES string of the molecule is COc1ccc(OCC(=O)NNC(=O)CCN2C(=O)[C@H]3CCCC[C@H]3C2=O)cc1. The van der Waals surface area contributed by atoms with Crippen LogP contribution in [0.2, 0.25) is 0 Å². The second-order valence-corrected chi connectivity index (χ2v) is 7.14. The Morgan fingerprint density at radius 2 is 1.52 bits per heavy atom. The normalized spacial score (nSPS) is 20.8. The molecule has 1 aliphatic carbocycles. The first kappa shape index (κ1) is 20.6. The van der Waals surface area contributed by atoms with Crippen molar-refractivity contribution in [3.63, 3.8) is 0 Å². The van der Waals surface area contributed by atoms with Crippen LogP contribution in [0.4, 0.5) is 0 Å². The van der Waals surface area contributed by atoms with Crippen LogP contribution in [-0.2, 0) is 19.2 Å². The van der Waals surface area contributed by atoms with Gasteiger partial charge in [-0.05, 0) is 37.1 Å². The molecule has 1 heterocycles. The van der Waals surface area contributed by atoms with Crippen molar-refractivity contribution in [2.75, 3.05) is 20.3 Å². The molecule has 1 aromatic carbocycles. The van der Waals surface area contributed by atoms with Gasteiger partial charge < -0.3 is 9.47 Å². The third-order valence-electron chi connectivity index (χ3n) is 5.27. The highest BCUT2D eigenvalue weighted by Gasteiger charge is 2.47. The number of methoxy groups -OCH3 is 1. The number of carbonyl (C=O) groups excluding carboxylic acids is 4. The lowest BCUT2D eigenvalue weighted by molar-refractivity contribution is -0.140. The van der Waals surface area contributed by atoms with E-state index >= 15 is 0 Å². The van der Waals surface area contributed by atoms with Gasteiger partial charge in [-0.2, -0.15) is 0 Å². The van der Waals surface area contributed by atoms with Gasteiger partial charge in [0.15, 0.2) is 6.61 Å². The Labute approximate surface area is 168 Å². The highest BCUT2D eigenvalue weighted by molar-refractivity contribution is 6.05. The molecule has 1 saturated heterocycles. The molecule has 0 aromatic heterocycles. The van der Waals surface area contributed by atoms with Crippen LogP contribution in [0.5, 0.6) is 11.5 Å². The number of likely N-dealkylation sites (tertiary alicyclic amines) is 1. The number of hydrogen-bond donors (Lipinski definition) is 2. The average molecular weight is 403 g/mol. The number of fused-ring (bicyclic) bond motifs is 1. The van der Waals surface area contributed by atoms with Crippen molar-refractivity contribution < 1.29 is 28.7 Å². The Morgan fingerprint density at radius 1 is 0.966 bits per heavy atom. The summed E-state index contributed by atoms with van der Waals surface area (Å²) in [4.78, 5) is 49.7. The third-order valence-corrected chi connectivity index (χ3v) is 5.27. The zero-order chi connectivity index (χ0) is 20.8. The number of ether oxygens (including phenoxy) is 2. The van der Waals surface area contributed by atoms with E-state index in [-0.39, 0.29) is 43.2 Å². The zero-order valence-corrected chi connectivity index (χ0v) is 16.3. The van der Waals surface area contributed by atoms with Crippen molar-refractivity contribution in [3.8, 4) is 11.5 Å². The van der Waals surface area contributed by atoms with Gasteiger partial charge in [-0.25, -0.2) is 0 Å². The molecule has 2 fully saturated rings. The van der Waals surface area contributed by atoms with Crippen LogP contribution in [-0.4, -0.2) is 48.8 Å². The molecular formula is C20H25N3O6. The van der Waals surface area contributed by atoms with Crippen molar-refractivity contribution in [2.24, 2.45) is 11.8 Å². The summed E-state index contributed by atoms with van der Waals surface area (Å²) in [5, 5.41) is 0. The number of rotatable bonds is 7. The van der Waals surface area contributed by atoms with Crippen LogP contribution in [0.25, 0.3) is 0 Å². The van der Waals surface area contributed by atoms with E-state index in [1.54, 1.807) is 31.4 Å². The standard InChI is InChI=1S/C20H25N3O6/c1-28-13-6-8-14(9-7-13)29-12-18(25)22-21-17(24)10-11-23-19(26)15-4-2-3-5-16(15)20(23)27/h6-9,15-16H,2-5,10-12H2,1H3,(H,21,24)(H,22,25)/t15-,16+. The average Bonchev–Trinajstić information content (AvgIpc) is 2.99. The van der Waals surface area contributed by atoms with Gasteiger partial charge in [0.2, 0.25) is 17.7 Å². The summed E-state index contributed by atoms with van der Waals surface area (Å²) in [6.07, 6.45) is 3.32. The quantitative estimate of drug-likeness (QED) is 0.514. The Hall–Kier alpha value is -3.10. The number of nitrogens with zero attached hydrogens (tertiary/aromatic N) is 1. The van der Waals surface area contributed by atoms with Crippen LogP contribution in [0.15, 0.2) is 24.3 Å². The molecule has 29 heavy (non-hydrogen) atoms. The maximum Gasteiger partial charge on any atom is 0.276 e. The number of nitrogens with one attached hydrogen (secondary N) is 2. The minimum Gasteiger partial charge on any atom is -0.497 e. The summed E-state index contributed by atoms with van der Waals surface area (Å²) >= 11 is 0. The first-order chi connectivity index (χ1) is 14.0. The van der Waals surface area contributed by atoms with Gasteiger partial charge in [0.25, 0.3) is 5.91 Å². The Bertz CT molecular complexity index is 755. The summed E-state index contributed by atoms with van der Waals surface area (Å²) in [6.45, 7) is -0.256. The smallest absolute Gasteiger partial charge is 0.276 e. The van der Waals surface area contributed by atoms with Gasteiger partial charge in [0, 0.05) is 13.0 Å². The van der Waals surface area contributed by atoms with E-state index in [4.69, 9.17) is 9.47 Å². The first-order valence-corrected chi connectivity index (χ1v) is 9.69. The number of hydrogen-bond acceptors (Lipinski definition) is 6. The van der Waals surface area contributed by atoms with Gasteiger partial charge in [-0.1, -0.05) is 12.8 Å². The molecule has 1 aliphatic heterocycles. The van der Waals surface area contributed by atoms with Crippen LogP contribution < -0.4 is 20.3 Å². The van der Waals surface area contributed by atoms with Crippen molar-refractivity contribution in [1.82, 2.24) is 15.8 Å². The molecule has 1 saturated carbocycles. The predicted octanol–water partition coefficient (Wildman–Crippen LogP) is 0.787. The first-order valence-electron chi connectivity index (χ1n) is 9.69. The second kappa shape index (κ2) is 9.40. The van der Waals surface area contributed by atoms with E-state index in [0.717, 1.165) is 25.7 Å². The van der Waals surface area contributed by atoms with Crippen LogP contribution in [0, 0.1) is 11.8 Å². The van der Waals surface area contributed by atoms with E-state index in [1.807, 2.05) is 0 Å². The van der Waals surface area contributed by atoms with E-state index < -0.39 is 11.8 Å². The van der Waals surface area contributed by atoms with Gasteiger partial charge in [-0.3, -0.25) is 34.9 Å². The number of amides is 4. The maximum absolute atomic E-state index is 12.4. The van der Waals surface area contributed by atoms with Crippen molar-refractivity contribution in [1.29, 1.82) is 0 Å². The lowest BCUT2D eigenvalue weighted by Crippen LogP contribution is -2.45. The topological polar surface area (TPSA) is 114 Å². The van der Waals surface area contributed by atoms with Crippen molar-refractivity contribution in [2.45, 2.75) is 32.1 Å². The Morgan fingerprint density at radius 3 is 2.10 bits per heavy atom. The van der Waals surface area contributed by atoms with Crippen LogP contribution in [0.1, 0.15) is 32.1 Å². The fourth-order valence-electron chi connectivity index (χ4n) is 3.72. The molecule has 0 spiro atoms. The summed E-state index contributed by atoms with van der Waals surface area (Å²) in [6, 6.07) is 6.72. The summed E-state index contributed by atoms with van der Waals surface area (Å²) in [5.74, 6) is -0.674. The molecule has 3 rings (SSSR count). The van der Waals surface area contributed by atoms with Gasteiger partial charge >= 0.3 is 0 Å². The number of imide groups is 1. The van der Waals surface area contributed by atoms with Gasteiger partial charge in [0.1, 0.15) is 11.5 Å². The number of carbonyl (C=O) groups is 4. The van der Waals surface area contributed by atoms with Crippen molar-refractivity contribution in [3.05, 3.63) is 24.3 Å². The number of benzene rings is 1. The molecule has 0 bridgehead atoms. The predicted molar refractivity (Wildman–Crippen MR) is 102 cm³/mol. The van der Waals surface area contributed by atoms with E-state index in [2.05, 4.69) is 10.9 Å². The van der Waals surface area contributed by atoms with E-state index in [9.17, 15) is 19.2 Å². The fourth-order valence-corrected chi connectivity index (χ4v) is 3.72. The molecule has 0 radical (unpaired) electrons. The van der Waals surface area contributed by atoms with Crippen LogP contribution >= 0.6 is 0 Å². The summed E-state index contributed by atoms with van der Waals surface area (Å²) < 4.78 is 10.3. The molecule has 1 aromatic rings. The van der Waals surface area contributed by atoms with Crippen LogP contribution in [0.3, 0.4) is 0 Å². The number of hydrazine groups is 1. The van der Waals surface area contributed by atoms with Crippen molar-refractivity contribution >= 4 is 23.6 Å². The molecule has 0 unspecified atom stereocenters. The molecular weight excluding hydrogens is 378 g/mol. The fraction of sp³-hybridized carbons (Fsp3) is 0.500. The lowest BCUT2D eigenvalue weighted by Gasteiger charge is -2.19. The second-order valence-electron chi connectivity index (χ2n) is 7.14. The van der Waals surface area contributed by atoms with Gasteiger partial charge in [0.05, 0.1) is 18.9 Å². The molecule has 9 nitrogen and oxygen atoms in total. The highest BCUT2D eigenvalue weighted by Crippen LogP contribution is 2.37. The minimum absolute atomic E-state index is 0.0225. The largest absolute Gasteiger partial charge is 0.497 e. The van der Waals surface area contributed by atoms with Gasteiger partial charge in [-0.15, -0.1) is 0 Å². The molecule has 2 N–H and O–H groups in total. The Kier molecular flexibility index (Phi) is 6.69. The molecule has 2 atom stereocenters. The minimum atomic E-state index is -0.534. The van der Waals surface area contributed by atoms with E-state index in [1.165, 1.54) is 4.90 Å².